The van der Waals surface area contributed by atoms with Crippen LogP contribution >= 0.6 is 11.6 Å². The standard InChI is InChI=1S/C23H30ClN3O.C17H19F3N2O/c1-5-27(6-2)13-7-8-16(3)25-23-19-11-9-17(24)14-22(19)26-21-12-10-18(28-4)15-20(21)23;1-10-5-6-11-12(16(23)13-4-2-3-7-21-13)9-15(17(18,19)20)22-14(11)8-10/h9-12,14-16H,5-8,13H2,1-4H3,(H,25,26);5-6,8-9,13,16,21,23H,2-4,7H2,1H3. The zero-order valence-electron chi connectivity index (χ0n) is 30.1. The maximum absolute atomic E-state index is 13.1. The molecule has 1 saturated heterocycles. The Morgan fingerprint density at radius 1 is 0.961 bits per heavy atom. The Morgan fingerprint density at radius 3 is 2.39 bits per heavy atom. The quantitative estimate of drug-likeness (QED) is 0.117. The van der Waals surface area contributed by atoms with Crippen LogP contribution in [0, 0.1) is 6.92 Å². The molecule has 7 nitrogen and oxygen atoms in total. The molecule has 3 heterocycles. The van der Waals surface area contributed by atoms with Crippen molar-refractivity contribution in [1.29, 1.82) is 0 Å². The molecule has 274 valence electrons. The predicted octanol–water partition coefficient (Wildman–Crippen LogP) is 9.71. The third-order valence-corrected chi connectivity index (χ3v) is 9.91. The number of nitrogens with zero attached hydrogens (tertiary/aromatic N) is 3. The van der Waals surface area contributed by atoms with Crippen LogP contribution in [0.5, 0.6) is 5.75 Å². The summed E-state index contributed by atoms with van der Waals surface area (Å²) in [7, 11) is 1.69. The van der Waals surface area contributed by atoms with Crippen molar-refractivity contribution in [2.75, 3.05) is 38.6 Å². The summed E-state index contributed by atoms with van der Waals surface area (Å²) in [5, 5.41) is 21.0. The first-order chi connectivity index (χ1) is 24.4. The molecule has 1 fully saturated rings. The highest BCUT2D eigenvalue weighted by molar-refractivity contribution is 6.31. The number of nitrogens with one attached hydrogen (secondary N) is 2. The number of halogens is 4. The minimum Gasteiger partial charge on any atom is -0.497 e. The van der Waals surface area contributed by atoms with Gasteiger partial charge in [-0.15, -0.1) is 0 Å². The number of methoxy groups -OCH3 is 1. The van der Waals surface area contributed by atoms with E-state index in [-0.39, 0.29) is 11.6 Å². The zero-order valence-corrected chi connectivity index (χ0v) is 30.8. The highest BCUT2D eigenvalue weighted by Gasteiger charge is 2.35. The minimum absolute atomic E-state index is 0.225. The van der Waals surface area contributed by atoms with E-state index in [2.05, 4.69) is 53.4 Å². The highest BCUT2D eigenvalue weighted by atomic mass is 35.5. The summed E-state index contributed by atoms with van der Waals surface area (Å²) < 4.78 is 44.9. The van der Waals surface area contributed by atoms with Crippen LogP contribution in [0.1, 0.15) is 75.8 Å². The maximum Gasteiger partial charge on any atom is 0.433 e. The molecule has 3 N–H and O–H groups in total. The van der Waals surface area contributed by atoms with Crippen molar-refractivity contribution in [3.8, 4) is 5.75 Å². The van der Waals surface area contributed by atoms with Gasteiger partial charge in [-0.2, -0.15) is 13.2 Å². The summed E-state index contributed by atoms with van der Waals surface area (Å²) in [5.41, 5.74) is 3.38. The number of aryl methyl sites for hydroxylation is 1. The van der Waals surface area contributed by atoms with Crippen molar-refractivity contribution in [2.24, 2.45) is 0 Å². The largest absolute Gasteiger partial charge is 0.497 e. The van der Waals surface area contributed by atoms with Crippen molar-refractivity contribution in [3.63, 3.8) is 0 Å². The summed E-state index contributed by atoms with van der Waals surface area (Å²) in [5.74, 6) is 0.833. The molecule has 3 atom stereocenters. The van der Waals surface area contributed by atoms with Crippen molar-refractivity contribution in [3.05, 3.63) is 82.5 Å². The van der Waals surface area contributed by atoms with Gasteiger partial charge in [0.2, 0.25) is 0 Å². The van der Waals surface area contributed by atoms with E-state index in [0.717, 1.165) is 96.7 Å². The van der Waals surface area contributed by atoms with Gasteiger partial charge in [-0.25, -0.2) is 9.97 Å². The van der Waals surface area contributed by atoms with E-state index < -0.39 is 18.0 Å². The highest BCUT2D eigenvalue weighted by Crippen LogP contribution is 2.36. The first-order valence-electron chi connectivity index (χ1n) is 17.9. The lowest BCUT2D eigenvalue weighted by atomic mass is 9.92. The molecule has 0 radical (unpaired) electrons. The average Bonchev–Trinajstić information content (AvgIpc) is 3.12. The second-order valence-corrected chi connectivity index (χ2v) is 13.8. The van der Waals surface area contributed by atoms with Gasteiger partial charge in [0.1, 0.15) is 11.4 Å². The average molecular weight is 724 g/mol. The fraction of sp³-hybridized carbons (Fsp3) is 0.450. The molecule has 5 aromatic rings. The molecule has 2 aromatic heterocycles. The summed E-state index contributed by atoms with van der Waals surface area (Å²) in [6.45, 7) is 12.6. The molecule has 11 heteroatoms. The molecule has 1 aliphatic rings. The molecule has 0 saturated carbocycles. The smallest absolute Gasteiger partial charge is 0.433 e. The monoisotopic (exact) mass is 723 g/mol. The van der Waals surface area contributed by atoms with Crippen molar-refractivity contribution in [1.82, 2.24) is 20.2 Å². The third-order valence-electron chi connectivity index (χ3n) is 9.68. The SMILES string of the molecule is CCN(CC)CCCC(C)Nc1c2ccc(Cl)cc2nc2ccc(OC)cc12.Cc1ccc2c(C(O)C3CCCCN3)cc(C(F)(F)F)nc2c1. The van der Waals surface area contributed by atoms with Gasteiger partial charge in [-0.1, -0.05) is 44.0 Å². The second kappa shape index (κ2) is 17.2. The van der Waals surface area contributed by atoms with E-state index in [1.807, 2.05) is 30.3 Å². The maximum atomic E-state index is 13.1. The van der Waals surface area contributed by atoms with E-state index in [0.29, 0.717) is 22.0 Å². The van der Waals surface area contributed by atoms with Crippen LogP contribution in [0.4, 0.5) is 18.9 Å². The first kappa shape index (κ1) is 38.5. The van der Waals surface area contributed by atoms with E-state index in [9.17, 15) is 18.3 Å². The lowest BCUT2D eigenvalue weighted by Gasteiger charge is -2.29. The summed E-state index contributed by atoms with van der Waals surface area (Å²) >= 11 is 6.22. The van der Waals surface area contributed by atoms with Crippen LogP contribution in [0.15, 0.2) is 60.7 Å². The van der Waals surface area contributed by atoms with Crippen molar-refractivity contribution in [2.45, 2.75) is 84.2 Å². The number of aliphatic hydroxyl groups excluding tert-OH is 1. The first-order valence-corrected chi connectivity index (χ1v) is 18.2. The lowest BCUT2D eigenvalue weighted by Crippen LogP contribution is -2.39. The Bertz CT molecular complexity index is 1930. The normalized spacial score (nSPS) is 16.3. The molecule has 0 bridgehead atoms. The second-order valence-electron chi connectivity index (χ2n) is 13.4. The number of rotatable bonds is 11. The molecule has 0 amide bonds. The molecule has 0 spiro atoms. The fourth-order valence-electron chi connectivity index (χ4n) is 6.78. The summed E-state index contributed by atoms with van der Waals surface area (Å²) in [6, 6.07) is 18.2. The van der Waals surface area contributed by atoms with Crippen molar-refractivity contribution >= 4 is 50.0 Å². The van der Waals surface area contributed by atoms with Crippen molar-refractivity contribution < 1.29 is 23.0 Å². The number of piperidine rings is 1. The minimum atomic E-state index is -4.54. The van der Waals surface area contributed by atoms with Gasteiger partial charge in [-0.3, -0.25) is 0 Å². The Kier molecular flexibility index (Phi) is 13.0. The fourth-order valence-corrected chi connectivity index (χ4v) is 6.95. The zero-order chi connectivity index (χ0) is 36.7. The number of aliphatic hydroxyl groups is 1. The van der Waals surface area contributed by atoms with Crippen LogP contribution in [0.3, 0.4) is 0 Å². The summed E-state index contributed by atoms with van der Waals surface area (Å²) in [4.78, 5) is 11.0. The number of aromatic nitrogens is 2. The number of ether oxygens (including phenoxy) is 1. The van der Waals surface area contributed by atoms with Crippen LogP contribution in [0.25, 0.3) is 32.7 Å². The molecular formula is C40H49ClF3N5O2. The molecule has 6 rings (SSSR count). The van der Waals surface area contributed by atoms with Gasteiger partial charge in [0.25, 0.3) is 0 Å². The number of hydrogen-bond acceptors (Lipinski definition) is 7. The van der Waals surface area contributed by atoms with Crippen LogP contribution in [-0.4, -0.2) is 65.3 Å². The lowest BCUT2D eigenvalue weighted by molar-refractivity contribution is -0.141. The Morgan fingerprint density at radius 2 is 1.71 bits per heavy atom. The van der Waals surface area contributed by atoms with Gasteiger partial charge in [-0.05, 0) is 125 Å². The number of pyridine rings is 2. The van der Waals surface area contributed by atoms with Gasteiger partial charge in [0.15, 0.2) is 0 Å². The Balaban J connectivity index is 0.000000201. The number of hydrogen-bond donors (Lipinski definition) is 3. The van der Waals surface area contributed by atoms with E-state index in [4.69, 9.17) is 21.3 Å². The molecular weight excluding hydrogens is 675 g/mol. The van der Waals surface area contributed by atoms with Crippen LogP contribution in [-0.2, 0) is 6.18 Å². The van der Waals surface area contributed by atoms with Gasteiger partial charge < -0.3 is 25.4 Å². The molecule has 0 aliphatic carbocycles. The van der Waals surface area contributed by atoms with E-state index in [1.54, 1.807) is 26.2 Å². The Labute approximate surface area is 303 Å². The third kappa shape index (κ3) is 9.60. The van der Waals surface area contributed by atoms with Gasteiger partial charge >= 0.3 is 6.18 Å². The number of anilines is 1. The number of fused-ring (bicyclic) bond motifs is 3. The van der Waals surface area contributed by atoms with E-state index in [1.165, 1.54) is 6.42 Å². The van der Waals surface area contributed by atoms with Crippen LogP contribution in [0.2, 0.25) is 5.02 Å². The predicted molar refractivity (Wildman–Crippen MR) is 203 cm³/mol. The topological polar surface area (TPSA) is 82.5 Å². The van der Waals surface area contributed by atoms with Gasteiger partial charge in [0, 0.05) is 33.3 Å². The Hall–Kier alpha value is -3.70. The molecule has 1 aliphatic heterocycles. The van der Waals surface area contributed by atoms with Gasteiger partial charge in [0.05, 0.1) is 35.5 Å². The number of alkyl halides is 3. The summed E-state index contributed by atoms with van der Waals surface area (Å²) in [6.07, 6.45) is -0.503. The van der Waals surface area contributed by atoms with Crippen LogP contribution < -0.4 is 15.4 Å². The van der Waals surface area contributed by atoms with E-state index >= 15 is 0 Å². The molecule has 3 unspecified atom stereocenters. The molecule has 51 heavy (non-hydrogen) atoms. The number of benzene rings is 3. The molecule has 3 aromatic carbocycles.